The maximum atomic E-state index is 13.1. The third-order valence-electron chi connectivity index (χ3n) is 3.84. The zero-order chi connectivity index (χ0) is 17.5. The molecule has 1 N–H and O–H groups in total. The van der Waals surface area contributed by atoms with Gasteiger partial charge in [-0.25, -0.2) is 4.39 Å². The van der Waals surface area contributed by atoms with E-state index >= 15 is 0 Å². The molecule has 0 fully saturated rings. The van der Waals surface area contributed by atoms with E-state index in [4.69, 9.17) is 4.74 Å². The van der Waals surface area contributed by atoms with Gasteiger partial charge in [-0.1, -0.05) is 24.3 Å². The predicted molar refractivity (Wildman–Crippen MR) is 96.7 cm³/mol. The van der Waals surface area contributed by atoms with Crippen LogP contribution >= 0.6 is 0 Å². The average Bonchev–Trinajstić information content (AvgIpc) is 2.53. The molecule has 0 amide bonds. The zero-order valence-electron chi connectivity index (χ0n) is 14.9. The normalized spacial score (nSPS) is 12.6. The Balaban J connectivity index is 1.89. The standard InChI is InChI=1S/C20H27FN2O/c1-15(2)24-19-11-5-16(6-12-19)13-22-14-20(23(3)4)17-7-9-18(21)10-8-17/h5-12,15,20,22H,13-14H2,1-4H3. The number of ether oxygens (including phenoxy) is 1. The quantitative estimate of drug-likeness (QED) is 0.791. The van der Waals surface area contributed by atoms with Crippen LogP contribution < -0.4 is 10.1 Å². The Morgan fingerprint density at radius 2 is 1.62 bits per heavy atom. The van der Waals surface area contributed by atoms with Crippen molar-refractivity contribution >= 4 is 0 Å². The highest BCUT2D eigenvalue weighted by Crippen LogP contribution is 2.18. The topological polar surface area (TPSA) is 24.5 Å². The van der Waals surface area contributed by atoms with Crippen LogP contribution in [0.5, 0.6) is 5.75 Å². The van der Waals surface area contributed by atoms with Crippen LogP contribution in [0.1, 0.15) is 31.0 Å². The molecule has 1 unspecified atom stereocenters. The molecule has 24 heavy (non-hydrogen) atoms. The molecule has 0 spiro atoms. The number of hydrogen-bond donors (Lipinski definition) is 1. The fourth-order valence-corrected chi connectivity index (χ4v) is 2.59. The van der Waals surface area contributed by atoms with E-state index in [1.165, 1.54) is 17.7 Å². The summed E-state index contributed by atoms with van der Waals surface area (Å²) in [5.74, 6) is 0.694. The van der Waals surface area contributed by atoms with Gasteiger partial charge in [0.05, 0.1) is 6.10 Å². The Bertz CT molecular complexity index is 609. The molecule has 0 radical (unpaired) electrons. The molecule has 4 heteroatoms. The van der Waals surface area contributed by atoms with E-state index in [-0.39, 0.29) is 18.0 Å². The second-order valence-electron chi connectivity index (χ2n) is 6.47. The van der Waals surface area contributed by atoms with E-state index in [1.54, 1.807) is 0 Å². The number of nitrogens with zero attached hydrogens (tertiary/aromatic N) is 1. The van der Waals surface area contributed by atoms with Crippen molar-refractivity contribution in [3.8, 4) is 5.75 Å². The summed E-state index contributed by atoms with van der Waals surface area (Å²) in [6.07, 6.45) is 0.186. The highest BCUT2D eigenvalue weighted by atomic mass is 19.1. The van der Waals surface area contributed by atoms with Crippen molar-refractivity contribution in [2.45, 2.75) is 32.5 Å². The van der Waals surface area contributed by atoms with E-state index in [2.05, 4.69) is 22.3 Å². The van der Waals surface area contributed by atoms with Gasteiger partial charge in [0.15, 0.2) is 0 Å². The van der Waals surface area contributed by atoms with Crippen LogP contribution in [0.4, 0.5) is 4.39 Å². The summed E-state index contributed by atoms with van der Waals surface area (Å²) >= 11 is 0. The van der Waals surface area contributed by atoms with Crippen LogP contribution in [-0.4, -0.2) is 31.6 Å². The van der Waals surface area contributed by atoms with Crippen molar-refractivity contribution in [1.82, 2.24) is 10.2 Å². The molecule has 0 aliphatic rings. The average molecular weight is 330 g/mol. The van der Waals surface area contributed by atoms with Crippen LogP contribution in [-0.2, 0) is 6.54 Å². The zero-order valence-corrected chi connectivity index (χ0v) is 14.9. The lowest BCUT2D eigenvalue weighted by Gasteiger charge is -2.25. The molecule has 0 heterocycles. The van der Waals surface area contributed by atoms with Crippen LogP contribution in [0.2, 0.25) is 0 Å². The molecule has 0 aliphatic heterocycles. The van der Waals surface area contributed by atoms with E-state index in [0.717, 1.165) is 24.4 Å². The van der Waals surface area contributed by atoms with Crippen molar-refractivity contribution in [1.29, 1.82) is 0 Å². The molecule has 1 atom stereocenters. The van der Waals surface area contributed by atoms with Gasteiger partial charge < -0.3 is 15.0 Å². The lowest BCUT2D eigenvalue weighted by atomic mass is 10.1. The van der Waals surface area contributed by atoms with E-state index in [0.29, 0.717) is 0 Å². The molecule has 0 aromatic heterocycles. The first-order valence-corrected chi connectivity index (χ1v) is 8.34. The van der Waals surface area contributed by atoms with Gasteiger partial charge in [-0.3, -0.25) is 0 Å². The van der Waals surface area contributed by atoms with Crippen molar-refractivity contribution in [3.63, 3.8) is 0 Å². The molecular weight excluding hydrogens is 303 g/mol. The second-order valence-corrected chi connectivity index (χ2v) is 6.47. The summed E-state index contributed by atoms with van der Waals surface area (Å²) in [7, 11) is 4.07. The Labute approximate surface area is 144 Å². The summed E-state index contributed by atoms with van der Waals surface area (Å²) < 4.78 is 18.7. The summed E-state index contributed by atoms with van der Waals surface area (Å²) in [5.41, 5.74) is 2.32. The summed E-state index contributed by atoms with van der Waals surface area (Å²) in [5, 5.41) is 3.48. The first-order chi connectivity index (χ1) is 11.5. The van der Waals surface area contributed by atoms with Gasteiger partial charge in [0.1, 0.15) is 11.6 Å². The first-order valence-electron chi connectivity index (χ1n) is 8.34. The second kappa shape index (κ2) is 8.81. The van der Waals surface area contributed by atoms with Gasteiger partial charge in [-0.15, -0.1) is 0 Å². The maximum absolute atomic E-state index is 13.1. The van der Waals surface area contributed by atoms with E-state index < -0.39 is 0 Å². The Hall–Kier alpha value is -1.91. The van der Waals surface area contributed by atoms with Crippen molar-refractivity contribution in [3.05, 3.63) is 65.5 Å². The smallest absolute Gasteiger partial charge is 0.123 e. The maximum Gasteiger partial charge on any atom is 0.123 e. The van der Waals surface area contributed by atoms with Crippen LogP contribution in [0.3, 0.4) is 0 Å². The Morgan fingerprint density at radius 1 is 1.00 bits per heavy atom. The monoisotopic (exact) mass is 330 g/mol. The minimum Gasteiger partial charge on any atom is -0.491 e. The predicted octanol–water partition coefficient (Wildman–Crippen LogP) is 4.01. The Morgan fingerprint density at radius 3 is 2.17 bits per heavy atom. The Kier molecular flexibility index (Phi) is 6.76. The van der Waals surface area contributed by atoms with Gasteiger partial charge in [0, 0.05) is 19.1 Å². The van der Waals surface area contributed by atoms with E-state index in [1.807, 2.05) is 52.2 Å². The van der Waals surface area contributed by atoms with Gasteiger partial charge in [0.25, 0.3) is 0 Å². The molecule has 130 valence electrons. The molecule has 0 aliphatic carbocycles. The van der Waals surface area contributed by atoms with Crippen LogP contribution in [0.15, 0.2) is 48.5 Å². The lowest BCUT2D eigenvalue weighted by molar-refractivity contribution is 0.242. The number of halogens is 1. The largest absolute Gasteiger partial charge is 0.491 e. The third-order valence-corrected chi connectivity index (χ3v) is 3.84. The number of likely N-dealkylation sites (N-methyl/N-ethyl adjacent to an activating group) is 1. The molecule has 2 rings (SSSR count). The lowest BCUT2D eigenvalue weighted by Crippen LogP contribution is -2.30. The van der Waals surface area contributed by atoms with Crippen LogP contribution in [0.25, 0.3) is 0 Å². The van der Waals surface area contributed by atoms with Crippen molar-refractivity contribution < 1.29 is 9.13 Å². The van der Waals surface area contributed by atoms with Gasteiger partial charge in [0.2, 0.25) is 0 Å². The molecule has 0 saturated heterocycles. The fraction of sp³-hybridized carbons (Fsp3) is 0.400. The number of hydrogen-bond acceptors (Lipinski definition) is 3. The van der Waals surface area contributed by atoms with E-state index in [9.17, 15) is 4.39 Å². The molecule has 2 aromatic rings. The first kappa shape index (κ1) is 18.4. The van der Waals surface area contributed by atoms with Gasteiger partial charge in [-0.2, -0.15) is 0 Å². The molecule has 2 aromatic carbocycles. The SMILES string of the molecule is CC(C)Oc1ccc(CNCC(c2ccc(F)cc2)N(C)C)cc1. The minimum absolute atomic E-state index is 0.186. The molecule has 0 saturated carbocycles. The number of nitrogens with one attached hydrogen (secondary N) is 1. The number of benzene rings is 2. The molecular formula is C20H27FN2O. The third kappa shape index (κ3) is 5.62. The fourth-order valence-electron chi connectivity index (χ4n) is 2.59. The summed E-state index contributed by atoms with van der Waals surface area (Å²) in [6.45, 7) is 5.62. The van der Waals surface area contributed by atoms with Crippen molar-refractivity contribution in [2.24, 2.45) is 0 Å². The summed E-state index contributed by atoms with van der Waals surface area (Å²) in [6, 6.07) is 15.1. The minimum atomic E-state index is -0.201. The highest BCUT2D eigenvalue weighted by Gasteiger charge is 2.13. The van der Waals surface area contributed by atoms with Gasteiger partial charge >= 0.3 is 0 Å². The molecule has 3 nitrogen and oxygen atoms in total. The van der Waals surface area contributed by atoms with Crippen LogP contribution in [0, 0.1) is 5.82 Å². The summed E-state index contributed by atoms with van der Waals surface area (Å²) in [4.78, 5) is 2.14. The highest BCUT2D eigenvalue weighted by molar-refractivity contribution is 5.27. The van der Waals surface area contributed by atoms with Crippen molar-refractivity contribution in [2.75, 3.05) is 20.6 Å². The van der Waals surface area contributed by atoms with Gasteiger partial charge in [-0.05, 0) is 63.3 Å². The molecule has 0 bridgehead atoms. The number of rotatable bonds is 8.